The summed E-state index contributed by atoms with van der Waals surface area (Å²) < 4.78 is 5.35. The van der Waals surface area contributed by atoms with E-state index in [9.17, 15) is 5.11 Å². The number of rotatable bonds is 4. The number of aliphatic hydroxyl groups is 1. The van der Waals surface area contributed by atoms with Crippen LogP contribution in [0.25, 0.3) is 0 Å². The van der Waals surface area contributed by atoms with Gasteiger partial charge in [0.1, 0.15) is 25.0 Å². The molecule has 0 aliphatic rings. The largest absolute Gasteiger partial charge is 0.491 e. The van der Waals surface area contributed by atoms with Gasteiger partial charge in [-0.1, -0.05) is 12.1 Å². The van der Waals surface area contributed by atoms with Gasteiger partial charge in [-0.2, -0.15) is 0 Å². The van der Waals surface area contributed by atoms with Crippen molar-refractivity contribution in [2.24, 2.45) is 0 Å². The van der Waals surface area contributed by atoms with Crippen LogP contribution in [0.5, 0.6) is 5.75 Å². The number of aryl methyl sites for hydroxylation is 1. The highest BCUT2D eigenvalue weighted by Gasteiger charge is 2.03. The van der Waals surface area contributed by atoms with Crippen molar-refractivity contribution in [3.63, 3.8) is 0 Å². The molecule has 0 saturated heterocycles. The van der Waals surface area contributed by atoms with Gasteiger partial charge in [0.2, 0.25) is 0 Å². The molecule has 0 aliphatic carbocycles. The lowest BCUT2D eigenvalue weighted by Gasteiger charge is -2.08. The van der Waals surface area contributed by atoms with Crippen molar-refractivity contribution in [1.82, 2.24) is 0 Å². The third kappa shape index (κ3) is 3.44. The van der Waals surface area contributed by atoms with Gasteiger partial charge in [0.05, 0.1) is 0 Å². The van der Waals surface area contributed by atoms with Gasteiger partial charge in [-0.05, 0) is 24.6 Å². The van der Waals surface area contributed by atoms with E-state index in [1.807, 2.05) is 31.2 Å². The van der Waals surface area contributed by atoms with E-state index in [1.165, 1.54) is 0 Å². The van der Waals surface area contributed by atoms with Gasteiger partial charge in [-0.25, -0.2) is 0 Å². The predicted octanol–water partition coefficient (Wildman–Crippen LogP) is -0.0234. The van der Waals surface area contributed by atoms with E-state index in [1.54, 1.807) is 0 Å². The molecule has 0 amide bonds. The van der Waals surface area contributed by atoms with E-state index in [4.69, 9.17) is 4.74 Å². The van der Waals surface area contributed by atoms with Crippen molar-refractivity contribution < 1.29 is 15.6 Å². The molecule has 0 unspecified atom stereocenters. The second kappa shape index (κ2) is 4.84. The molecule has 3 nitrogen and oxygen atoms in total. The fraction of sp³-hybridized carbons (Fsp3) is 0.400. The average molecular weight is 182 g/mol. The van der Waals surface area contributed by atoms with Crippen LogP contribution in [-0.4, -0.2) is 24.4 Å². The molecule has 0 aliphatic heterocycles. The number of hydrogen-bond donors (Lipinski definition) is 2. The molecular formula is C10H16NO2+. The number of quaternary nitrogens is 1. The Kier molecular flexibility index (Phi) is 3.73. The van der Waals surface area contributed by atoms with Gasteiger partial charge in [0, 0.05) is 0 Å². The second-order valence-corrected chi connectivity index (χ2v) is 3.07. The van der Waals surface area contributed by atoms with E-state index < -0.39 is 6.10 Å². The number of hydrogen-bond acceptors (Lipinski definition) is 2. The molecule has 0 heterocycles. The zero-order valence-corrected chi connectivity index (χ0v) is 7.86. The minimum Gasteiger partial charge on any atom is -0.491 e. The molecule has 1 aromatic carbocycles. The quantitative estimate of drug-likeness (QED) is 0.687. The van der Waals surface area contributed by atoms with Crippen LogP contribution in [0, 0.1) is 6.92 Å². The Morgan fingerprint density at radius 3 is 2.92 bits per heavy atom. The fourth-order valence-corrected chi connectivity index (χ4v) is 0.981. The van der Waals surface area contributed by atoms with Crippen LogP contribution in [0.4, 0.5) is 0 Å². The molecule has 4 N–H and O–H groups in total. The van der Waals surface area contributed by atoms with Crippen molar-refractivity contribution in [2.75, 3.05) is 13.2 Å². The Balaban J connectivity index is 2.45. The van der Waals surface area contributed by atoms with Gasteiger partial charge < -0.3 is 15.6 Å². The maximum Gasteiger partial charge on any atom is 0.136 e. The first kappa shape index (κ1) is 10.0. The van der Waals surface area contributed by atoms with Gasteiger partial charge in [0.15, 0.2) is 0 Å². The topological polar surface area (TPSA) is 57.1 Å². The maximum absolute atomic E-state index is 9.20. The Morgan fingerprint density at radius 1 is 1.54 bits per heavy atom. The average Bonchev–Trinajstić information content (AvgIpc) is 2.14. The molecule has 0 fully saturated rings. The van der Waals surface area contributed by atoms with Crippen LogP contribution in [0.15, 0.2) is 24.3 Å². The second-order valence-electron chi connectivity index (χ2n) is 3.07. The molecule has 0 spiro atoms. The van der Waals surface area contributed by atoms with E-state index in [0.29, 0.717) is 13.2 Å². The lowest BCUT2D eigenvalue weighted by molar-refractivity contribution is -0.384. The Morgan fingerprint density at radius 2 is 2.31 bits per heavy atom. The third-order valence-corrected chi connectivity index (χ3v) is 1.77. The summed E-state index contributed by atoms with van der Waals surface area (Å²) in [6, 6.07) is 7.75. The monoisotopic (exact) mass is 182 g/mol. The van der Waals surface area contributed by atoms with Crippen molar-refractivity contribution in [3.8, 4) is 5.75 Å². The molecular weight excluding hydrogens is 166 g/mol. The van der Waals surface area contributed by atoms with E-state index in [0.717, 1.165) is 11.3 Å². The first-order valence-corrected chi connectivity index (χ1v) is 4.39. The summed E-state index contributed by atoms with van der Waals surface area (Å²) in [6.07, 6.45) is -0.472. The predicted molar refractivity (Wildman–Crippen MR) is 50.4 cm³/mol. The maximum atomic E-state index is 9.20. The molecule has 13 heavy (non-hydrogen) atoms. The molecule has 72 valence electrons. The summed E-state index contributed by atoms with van der Waals surface area (Å²) in [7, 11) is 0. The fourth-order valence-electron chi connectivity index (χ4n) is 0.981. The van der Waals surface area contributed by atoms with Crippen LogP contribution in [-0.2, 0) is 0 Å². The lowest BCUT2D eigenvalue weighted by atomic mass is 10.2. The van der Waals surface area contributed by atoms with E-state index >= 15 is 0 Å². The molecule has 3 heteroatoms. The van der Waals surface area contributed by atoms with Crippen molar-refractivity contribution in [1.29, 1.82) is 0 Å². The van der Waals surface area contributed by atoms with Crippen molar-refractivity contribution in [2.45, 2.75) is 13.0 Å². The van der Waals surface area contributed by atoms with Crippen LogP contribution in [0.2, 0.25) is 0 Å². The summed E-state index contributed by atoms with van der Waals surface area (Å²) >= 11 is 0. The molecule has 1 aromatic rings. The van der Waals surface area contributed by atoms with Gasteiger partial charge in [-0.3, -0.25) is 0 Å². The smallest absolute Gasteiger partial charge is 0.136 e. The molecule has 0 bridgehead atoms. The Hall–Kier alpha value is -1.06. The summed E-state index contributed by atoms with van der Waals surface area (Å²) in [6.45, 7) is 2.80. The normalized spacial score (nSPS) is 12.5. The first-order chi connectivity index (χ1) is 6.22. The van der Waals surface area contributed by atoms with E-state index in [-0.39, 0.29) is 0 Å². The van der Waals surface area contributed by atoms with Crippen molar-refractivity contribution in [3.05, 3.63) is 29.8 Å². The summed E-state index contributed by atoms with van der Waals surface area (Å²) in [5.41, 5.74) is 4.74. The van der Waals surface area contributed by atoms with Gasteiger partial charge in [0.25, 0.3) is 0 Å². The van der Waals surface area contributed by atoms with Gasteiger partial charge in [-0.15, -0.1) is 0 Å². The summed E-state index contributed by atoms with van der Waals surface area (Å²) in [5, 5.41) is 9.20. The highest BCUT2D eigenvalue weighted by atomic mass is 16.5. The van der Waals surface area contributed by atoms with Crippen LogP contribution < -0.4 is 10.5 Å². The highest BCUT2D eigenvalue weighted by molar-refractivity contribution is 5.27. The summed E-state index contributed by atoms with van der Waals surface area (Å²) in [5.74, 6) is 0.799. The third-order valence-electron chi connectivity index (χ3n) is 1.77. The number of benzene rings is 1. The van der Waals surface area contributed by atoms with E-state index in [2.05, 4.69) is 5.73 Å². The number of ether oxygens (including phenoxy) is 1. The highest BCUT2D eigenvalue weighted by Crippen LogP contribution is 2.12. The Bertz CT molecular complexity index is 263. The standard InChI is InChI=1S/C10H15NO2/c1-8-3-2-4-10(5-8)13-7-9(12)6-11/h2-5,9,12H,6-7,11H2,1H3/p+1/t9-/m0/s1. The molecule has 1 rings (SSSR count). The zero-order chi connectivity index (χ0) is 9.68. The van der Waals surface area contributed by atoms with Gasteiger partial charge >= 0.3 is 0 Å². The summed E-state index contributed by atoms with van der Waals surface area (Å²) in [4.78, 5) is 0. The molecule has 0 saturated carbocycles. The SMILES string of the molecule is Cc1cccc(OC[C@@H](O)C[NH3+])c1. The van der Waals surface area contributed by atoms with Crippen molar-refractivity contribution >= 4 is 0 Å². The molecule has 1 atom stereocenters. The van der Waals surface area contributed by atoms with Crippen LogP contribution in [0.1, 0.15) is 5.56 Å². The number of aliphatic hydroxyl groups excluding tert-OH is 1. The Labute approximate surface area is 78.1 Å². The first-order valence-electron chi connectivity index (χ1n) is 4.39. The molecule has 0 radical (unpaired) electrons. The minimum atomic E-state index is -0.472. The van der Waals surface area contributed by atoms with Crippen LogP contribution in [0.3, 0.4) is 0 Å². The van der Waals surface area contributed by atoms with Crippen LogP contribution >= 0.6 is 0 Å². The lowest BCUT2D eigenvalue weighted by Crippen LogP contribution is -2.56. The zero-order valence-electron chi connectivity index (χ0n) is 7.86. The molecule has 0 aromatic heterocycles. The minimum absolute atomic E-state index is 0.312.